The van der Waals surface area contributed by atoms with Gasteiger partial charge in [0.1, 0.15) is 0 Å². The fourth-order valence-corrected chi connectivity index (χ4v) is 3.50. The summed E-state index contributed by atoms with van der Waals surface area (Å²) >= 11 is 0. The summed E-state index contributed by atoms with van der Waals surface area (Å²) in [5, 5.41) is 12.8. The summed E-state index contributed by atoms with van der Waals surface area (Å²) in [6.45, 7) is 3.92. The van der Waals surface area contributed by atoms with Gasteiger partial charge < -0.3 is 25.6 Å². The molecule has 0 saturated carbocycles. The highest BCUT2D eigenvalue weighted by atomic mass is 16.5. The normalized spacial score (nSPS) is 15.8. The van der Waals surface area contributed by atoms with Crippen molar-refractivity contribution < 1.29 is 14.6 Å². The molecular formula is C23H32N4O3. The molecule has 3 rings (SSSR count). The predicted molar refractivity (Wildman–Crippen MR) is 119 cm³/mol. The van der Waals surface area contributed by atoms with Crippen molar-refractivity contribution in [3.63, 3.8) is 0 Å². The third-order valence-corrected chi connectivity index (χ3v) is 5.34. The van der Waals surface area contributed by atoms with Crippen molar-refractivity contribution >= 4 is 5.96 Å². The van der Waals surface area contributed by atoms with Gasteiger partial charge in [-0.3, -0.25) is 4.90 Å². The Morgan fingerprint density at radius 3 is 2.33 bits per heavy atom. The maximum atomic E-state index is 9.62. The maximum absolute atomic E-state index is 9.62. The molecule has 1 saturated heterocycles. The zero-order valence-electron chi connectivity index (χ0n) is 17.8. The average Bonchev–Trinajstić information content (AvgIpc) is 2.78. The molecule has 7 nitrogen and oxygen atoms in total. The largest absolute Gasteiger partial charge is 0.493 e. The van der Waals surface area contributed by atoms with Crippen LogP contribution in [0, 0.1) is 0 Å². The first-order valence-corrected chi connectivity index (χ1v) is 10.3. The molecular weight excluding hydrogens is 380 g/mol. The van der Waals surface area contributed by atoms with Crippen LogP contribution in [0.3, 0.4) is 0 Å². The third kappa shape index (κ3) is 6.37. The van der Waals surface area contributed by atoms with Gasteiger partial charge in [0.2, 0.25) is 0 Å². The van der Waals surface area contributed by atoms with E-state index in [9.17, 15) is 5.11 Å². The molecule has 0 amide bonds. The van der Waals surface area contributed by atoms with Gasteiger partial charge in [0.15, 0.2) is 17.5 Å². The number of guanidine groups is 1. The summed E-state index contributed by atoms with van der Waals surface area (Å²) in [7, 11) is 3.23. The van der Waals surface area contributed by atoms with Crippen molar-refractivity contribution in [2.75, 3.05) is 27.3 Å². The van der Waals surface area contributed by atoms with Crippen LogP contribution in [0.4, 0.5) is 0 Å². The third-order valence-electron chi connectivity index (χ3n) is 5.34. The lowest BCUT2D eigenvalue weighted by atomic mass is 10.1. The van der Waals surface area contributed by atoms with E-state index >= 15 is 0 Å². The number of piperidine rings is 1. The molecule has 30 heavy (non-hydrogen) atoms. The number of nitrogens with two attached hydrogens (primary N) is 1. The topological polar surface area (TPSA) is 92.3 Å². The Morgan fingerprint density at radius 1 is 1.03 bits per heavy atom. The van der Waals surface area contributed by atoms with Crippen molar-refractivity contribution in [2.45, 2.75) is 38.6 Å². The lowest BCUT2D eigenvalue weighted by Gasteiger charge is -2.29. The highest BCUT2D eigenvalue weighted by Crippen LogP contribution is 2.27. The van der Waals surface area contributed by atoms with Gasteiger partial charge in [0.25, 0.3) is 0 Å². The summed E-state index contributed by atoms with van der Waals surface area (Å²) in [4.78, 5) is 6.79. The predicted octanol–water partition coefficient (Wildman–Crippen LogP) is 2.26. The van der Waals surface area contributed by atoms with Gasteiger partial charge in [0, 0.05) is 26.2 Å². The smallest absolute Gasteiger partial charge is 0.189 e. The number of nitrogens with one attached hydrogen (secondary N) is 1. The number of hydrogen-bond acceptors (Lipinski definition) is 5. The van der Waals surface area contributed by atoms with E-state index in [1.54, 1.807) is 14.2 Å². The van der Waals surface area contributed by atoms with E-state index in [1.807, 2.05) is 18.2 Å². The summed E-state index contributed by atoms with van der Waals surface area (Å²) < 4.78 is 10.6. The number of hydrogen-bond donors (Lipinski definition) is 3. The van der Waals surface area contributed by atoms with Crippen molar-refractivity contribution in [3.05, 3.63) is 59.2 Å². The molecule has 4 N–H and O–H groups in total. The van der Waals surface area contributed by atoms with Crippen LogP contribution in [-0.4, -0.2) is 49.4 Å². The number of methoxy groups -OCH3 is 2. The molecule has 0 atom stereocenters. The quantitative estimate of drug-likeness (QED) is 0.455. The molecule has 0 unspecified atom stereocenters. The van der Waals surface area contributed by atoms with Gasteiger partial charge in [0.05, 0.1) is 26.9 Å². The van der Waals surface area contributed by atoms with Gasteiger partial charge in [-0.05, 0) is 41.7 Å². The van der Waals surface area contributed by atoms with Crippen LogP contribution in [0.25, 0.3) is 0 Å². The van der Waals surface area contributed by atoms with E-state index in [-0.39, 0.29) is 6.10 Å². The zero-order chi connectivity index (χ0) is 21.3. The molecule has 1 heterocycles. The number of aliphatic imine (C=N–C) groups is 1. The molecule has 2 aromatic carbocycles. The molecule has 0 aromatic heterocycles. The Labute approximate surface area is 178 Å². The summed E-state index contributed by atoms with van der Waals surface area (Å²) in [6, 6.07) is 14.2. The molecule has 7 heteroatoms. The SMILES string of the molecule is COc1ccc(CN=C(N)NCc2ccc(CN3CCC(O)CC3)cc2)cc1OC. The summed E-state index contributed by atoms with van der Waals surface area (Å²) in [5.74, 6) is 1.77. The van der Waals surface area contributed by atoms with Crippen molar-refractivity contribution in [1.82, 2.24) is 10.2 Å². The second-order valence-corrected chi connectivity index (χ2v) is 7.57. The van der Waals surface area contributed by atoms with E-state index in [1.165, 1.54) is 5.56 Å². The van der Waals surface area contributed by atoms with Gasteiger partial charge in [-0.2, -0.15) is 0 Å². The molecule has 0 aliphatic carbocycles. The Morgan fingerprint density at radius 2 is 1.67 bits per heavy atom. The summed E-state index contributed by atoms with van der Waals surface area (Å²) in [5.41, 5.74) is 9.44. The molecule has 1 aliphatic rings. The minimum Gasteiger partial charge on any atom is -0.493 e. The van der Waals surface area contributed by atoms with Gasteiger partial charge in [-0.25, -0.2) is 4.99 Å². The average molecular weight is 413 g/mol. The van der Waals surface area contributed by atoms with E-state index < -0.39 is 0 Å². The number of ether oxygens (including phenoxy) is 2. The first-order valence-electron chi connectivity index (χ1n) is 10.3. The van der Waals surface area contributed by atoms with Crippen LogP contribution in [-0.2, 0) is 19.6 Å². The van der Waals surface area contributed by atoms with Gasteiger partial charge in [-0.1, -0.05) is 30.3 Å². The van der Waals surface area contributed by atoms with Crippen molar-refractivity contribution in [1.29, 1.82) is 0 Å². The summed E-state index contributed by atoms with van der Waals surface area (Å²) in [6.07, 6.45) is 1.60. The number of aliphatic hydroxyl groups excluding tert-OH is 1. The number of nitrogens with zero attached hydrogens (tertiary/aromatic N) is 2. The number of likely N-dealkylation sites (tertiary alicyclic amines) is 1. The van der Waals surface area contributed by atoms with Crippen LogP contribution in [0.2, 0.25) is 0 Å². The van der Waals surface area contributed by atoms with Crippen LogP contribution >= 0.6 is 0 Å². The lowest BCUT2D eigenvalue weighted by Crippen LogP contribution is -2.35. The fraction of sp³-hybridized carbons (Fsp3) is 0.435. The minimum atomic E-state index is -0.131. The molecule has 0 spiro atoms. The van der Waals surface area contributed by atoms with Crippen LogP contribution in [0.15, 0.2) is 47.5 Å². The van der Waals surface area contributed by atoms with E-state index in [0.29, 0.717) is 30.5 Å². The zero-order valence-corrected chi connectivity index (χ0v) is 17.8. The van der Waals surface area contributed by atoms with Crippen LogP contribution in [0.5, 0.6) is 11.5 Å². The highest BCUT2D eigenvalue weighted by molar-refractivity contribution is 5.77. The second-order valence-electron chi connectivity index (χ2n) is 7.57. The first-order chi connectivity index (χ1) is 14.6. The minimum absolute atomic E-state index is 0.131. The van der Waals surface area contributed by atoms with Crippen LogP contribution < -0.4 is 20.5 Å². The van der Waals surface area contributed by atoms with E-state index in [4.69, 9.17) is 15.2 Å². The van der Waals surface area contributed by atoms with Crippen molar-refractivity contribution in [2.24, 2.45) is 10.7 Å². The standard InChI is InChI=1S/C23H32N4O3/c1-29-21-8-7-19(13-22(21)30-2)15-26-23(24)25-14-17-3-5-18(6-4-17)16-27-11-9-20(28)10-12-27/h3-8,13,20,28H,9-12,14-16H2,1-2H3,(H3,24,25,26). The highest BCUT2D eigenvalue weighted by Gasteiger charge is 2.16. The molecule has 1 fully saturated rings. The number of aliphatic hydroxyl groups is 1. The lowest BCUT2D eigenvalue weighted by molar-refractivity contribution is 0.0792. The molecule has 162 valence electrons. The second kappa shape index (κ2) is 10.8. The fourth-order valence-electron chi connectivity index (χ4n) is 3.50. The molecule has 2 aromatic rings. The monoisotopic (exact) mass is 412 g/mol. The van der Waals surface area contributed by atoms with E-state index in [2.05, 4.69) is 39.5 Å². The number of rotatable bonds is 8. The van der Waals surface area contributed by atoms with Gasteiger partial charge in [-0.15, -0.1) is 0 Å². The van der Waals surface area contributed by atoms with Gasteiger partial charge >= 0.3 is 0 Å². The van der Waals surface area contributed by atoms with Crippen LogP contribution in [0.1, 0.15) is 29.5 Å². The Bertz CT molecular complexity index is 831. The molecule has 0 radical (unpaired) electrons. The Balaban J connectivity index is 1.46. The first kappa shape index (κ1) is 21.9. The van der Waals surface area contributed by atoms with Crippen molar-refractivity contribution in [3.8, 4) is 11.5 Å². The van der Waals surface area contributed by atoms with E-state index in [0.717, 1.165) is 43.6 Å². The Hall–Kier alpha value is -2.77. The number of benzene rings is 2. The molecule has 1 aliphatic heterocycles. The maximum Gasteiger partial charge on any atom is 0.189 e. The molecule has 0 bridgehead atoms. The Kier molecular flexibility index (Phi) is 7.93.